The van der Waals surface area contributed by atoms with Crippen LogP contribution >= 0.6 is 0 Å². The first-order valence-electron chi connectivity index (χ1n) is 7.10. The molecule has 1 aromatic rings. The molecule has 1 heterocycles. The van der Waals surface area contributed by atoms with Gasteiger partial charge in [0.15, 0.2) is 0 Å². The van der Waals surface area contributed by atoms with Gasteiger partial charge in [-0.2, -0.15) is 0 Å². The van der Waals surface area contributed by atoms with Crippen molar-refractivity contribution in [3.8, 4) is 5.75 Å². The molecule has 3 heteroatoms. The highest BCUT2D eigenvalue weighted by molar-refractivity contribution is 5.81. The van der Waals surface area contributed by atoms with Gasteiger partial charge >= 0.3 is 0 Å². The van der Waals surface area contributed by atoms with E-state index in [1.165, 1.54) is 0 Å². The number of piperidine rings is 1. The monoisotopic (exact) mass is 259 g/mol. The predicted molar refractivity (Wildman–Crippen MR) is 74.2 cm³/mol. The van der Waals surface area contributed by atoms with Crippen molar-refractivity contribution in [3.63, 3.8) is 0 Å². The highest BCUT2D eigenvalue weighted by Crippen LogP contribution is 2.48. The van der Waals surface area contributed by atoms with Gasteiger partial charge in [0, 0.05) is 24.8 Å². The number of carbonyl (C=O) groups is 1. The van der Waals surface area contributed by atoms with Crippen LogP contribution in [0.1, 0.15) is 31.2 Å². The highest BCUT2D eigenvalue weighted by atomic mass is 16.3. The Morgan fingerprint density at radius 2 is 2.26 bits per heavy atom. The fourth-order valence-corrected chi connectivity index (χ4v) is 3.91. The van der Waals surface area contributed by atoms with Gasteiger partial charge < -0.3 is 10.0 Å². The quantitative estimate of drug-likeness (QED) is 0.841. The largest absolute Gasteiger partial charge is 0.508 e. The van der Waals surface area contributed by atoms with Crippen LogP contribution in [0.2, 0.25) is 0 Å². The maximum absolute atomic E-state index is 12.0. The fourth-order valence-electron chi connectivity index (χ4n) is 3.91. The Bertz CT molecular complexity index is 499. The first-order valence-corrected chi connectivity index (χ1v) is 7.10. The van der Waals surface area contributed by atoms with Gasteiger partial charge in [-0.3, -0.25) is 4.79 Å². The molecule has 0 aromatic heterocycles. The number of benzene rings is 1. The third-order valence-electron chi connectivity index (χ3n) is 4.96. The van der Waals surface area contributed by atoms with Crippen molar-refractivity contribution >= 4 is 5.78 Å². The van der Waals surface area contributed by atoms with Crippen LogP contribution in [-0.2, 0) is 10.2 Å². The number of nitrogens with zero attached hydrogens (tertiary/aromatic N) is 1. The van der Waals surface area contributed by atoms with Crippen molar-refractivity contribution in [2.45, 2.75) is 31.1 Å². The number of rotatable bonds is 1. The van der Waals surface area contributed by atoms with Crippen LogP contribution in [0.4, 0.5) is 0 Å². The van der Waals surface area contributed by atoms with Crippen molar-refractivity contribution < 1.29 is 9.90 Å². The fraction of sp³-hybridized carbons (Fsp3) is 0.562. The standard InChI is InChI=1S/C16H21NO2/c1-17-8-7-16(12-3-2-4-14(18)9-12)10-15(19)6-5-13(16)11-17/h2-4,9,13,18H,5-8,10-11H2,1H3/t13-,16-/m0/s1. The van der Waals surface area contributed by atoms with Crippen LogP contribution in [-0.4, -0.2) is 35.9 Å². The average Bonchev–Trinajstić information content (AvgIpc) is 2.39. The van der Waals surface area contributed by atoms with Gasteiger partial charge in [-0.1, -0.05) is 12.1 Å². The van der Waals surface area contributed by atoms with Crippen LogP contribution in [0.25, 0.3) is 0 Å². The first-order chi connectivity index (χ1) is 9.10. The van der Waals surface area contributed by atoms with E-state index in [0.717, 1.165) is 37.9 Å². The highest BCUT2D eigenvalue weighted by Gasteiger charge is 2.47. The molecule has 2 aliphatic rings. The van der Waals surface area contributed by atoms with Crippen LogP contribution in [0, 0.1) is 5.92 Å². The SMILES string of the molecule is CN1CC[C@@]2(c3cccc(O)c3)CC(=O)CC[C@H]2C1. The van der Waals surface area contributed by atoms with Crippen LogP contribution in [0.15, 0.2) is 24.3 Å². The lowest BCUT2D eigenvalue weighted by Gasteiger charge is -2.50. The summed E-state index contributed by atoms with van der Waals surface area (Å²) in [5.41, 5.74) is 1.11. The molecular formula is C16H21NO2. The van der Waals surface area contributed by atoms with Crippen LogP contribution < -0.4 is 0 Å². The summed E-state index contributed by atoms with van der Waals surface area (Å²) in [4.78, 5) is 14.3. The number of phenols is 1. The summed E-state index contributed by atoms with van der Waals surface area (Å²) in [5, 5.41) is 9.75. The summed E-state index contributed by atoms with van der Waals surface area (Å²) < 4.78 is 0. The van der Waals surface area contributed by atoms with E-state index >= 15 is 0 Å². The summed E-state index contributed by atoms with van der Waals surface area (Å²) in [7, 11) is 2.16. The molecule has 0 unspecified atom stereocenters. The Balaban J connectivity index is 2.02. The zero-order valence-corrected chi connectivity index (χ0v) is 11.4. The Hall–Kier alpha value is -1.35. The zero-order valence-electron chi connectivity index (χ0n) is 11.4. The van der Waals surface area contributed by atoms with Gasteiger partial charge in [0.1, 0.15) is 11.5 Å². The number of carbonyl (C=O) groups excluding carboxylic acids is 1. The summed E-state index contributed by atoms with van der Waals surface area (Å²) in [6, 6.07) is 7.54. The van der Waals surface area contributed by atoms with Crippen molar-refractivity contribution in [2.75, 3.05) is 20.1 Å². The van der Waals surface area contributed by atoms with E-state index in [1.807, 2.05) is 12.1 Å². The number of hydrogen-bond donors (Lipinski definition) is 1. The van der Waals surface area contributed by atoms with E-state index in [9.17, 15) is 9.90 Å². The predicted octanol–water partition coefficient (Wildman–Crippen LogP) is 2.33. The zero-order chi connectivity index (χ0) is 13.5. The number of Topliss-reactive ketones (excluding diaryl/α,β-unsaturated/α-hetero) is 1. The molecule has 102 valence electrons. The summed E-state index contributed by atoms with van der Waals surface area (Å²) in [6.45, 7) is 2.09. The number of hydrogen-bond acceptors (Lipinski definition) is 3. The molecule has 2 fully saturated rings. The van der Waals surface area contributed by atoms with Crippen molar-refractivity contribution in [3.05, 3.63) is 29.8 Å². The Morgan fingerprint density at radius 1 is 1.42 bits per heavy atom. The Kier molecular flexibility index (Phi) is 3.09. The number of phenolic OH excluding ortho intramolecular Hbond substituents is 1. The molecule has 0 amide bonds. The van der Waals surface area contributed by atoms with E-state index in [2.05, 4.69) is 18.0 Å². The molecule has 3 rings (SSSR count). The summed E-state index contributed by atoms with van der Waals surface area (Å²) >= 11 is 0. The maximum atomic E-state index is 12.0. The Labute approximate surface area is 114 Å². The van der Waals surface area contributed by atoms with Gasteiger partial charge in [0.2, 0.25) is 0 Å². The van der Waals surface area contributed by atoms with E-state index < -0.39 is 0 Å². The van der Waals surface area contributed by atoms with E-state index in [-0.39, 0.29) is 5.41 Å². The number of likely N-dealkylation sites (tertiary alicyclic amines) is 1. The Morgan fingerprint density at radius 3 is 3.05 bits per heavy atom. The molecule has 0 bridgehead atoms. The van der Waals surface area contributed by atoms with Crippen molar-refractivity contribution in [2.24, 2.45) is 5.92 Å². The van der Waals surface area contributed by atoms with E-state index in [4.69, 9.17) is 0 Å². The minimum Gasteiger partial charge on any atom is -0.508 e. The van der Waals surface area contributed by atoms with Crippen molar-refractivity contribution in [1.29, 1.82) is 0 Å². The first kappa shape index (κ1) is 12.7. The molecule has 1 aliphatic carbocycles. The molecule has 1 saturated carbocycles. The van der Waals surface area contributed by atoms with E-state index in [0.29, 0.717) is 23.9 Å². The molecule has 1 aliphatic heterocycles. The lowest BCUT2D eigenvalue weighted by molar-refractivity contribution is -0.124. The van der Waals surface area contributed by atoms with Crippen LogP contribution in [0.3, 0.4) is 0 Å². The minimum atomic E-state index is -0.0411. The molecule has 0 radical (unpaired) electrons. The molecule has 2 atom stereocenters. The third-order valence-corrected chi connectivity index (χ3v) is 4.96. The smallest absolute Gasteiger partial charge is 0.133 e. The lowest BCUT2D eigenvalue weighted by atomic mass is 9.59. The number of aromatic hydroxyl groups is 1. The van der Waals surface area contributed by atoms with E-state index in [1.54, 1.807) is 6.07 Å². The van der Waals surface area contributed by atoms with Gasteiger partial charge in [-0.15, -0.1) is 0 Å². The minimum absolute atomic E-state index is 0.0411. The summed E-state index contributed by atoms with van der Waals surface area (Å²) in [6.07, 6.45) is 3.37. The second-order valence-electron chi connectivity index (χ2n) is 6.17. The molecular weight excluding hydrogens is 238 g/mol. The lowest BCUT2D eigenvalue weighted by Crippen LogP contribution is -2.52. The number of ketones is 1. The molecule has 1 N–H and O–H groups in total. The molecule has 3 nitrogen and oxygen atoms in total. The molecule has 0 spiro atoms. The second kappa shape index (κ2) is 4.64. The average molecular weight is 259 g/mol. The number of fused-ring (bicyclic) bond motifs is 1. The van der Waals surface area contributed by atoms with Gasteiger partial charge in [-0.25, -0.2) is 0 Å². The van der Waals surface area contributed by atoms with Gasteiger partial charge in [0.05, 0.1) is 0 Å². The normalized spacial score (nSPS) is 32.1. The third kappa shape index (κ3) is 2.16. The van der Waals surface area contributed by atoms with Crippen molar-refractivity contribution in [1.82, 2.24) is 4.90 Å². The molecule has 1 aromatic carbocycles. The van der Waals surface area contributed by atoms with Gasteiger partial charge in [0.25, 0.3) is 0 Å². The molecule has 19 heavy (non-hydrogen) atoms. The molecule has 1 saturated heterocycles. The second-order valence-corrected chi connectivity index (χ2v) is 6.17. The van der Waals surface area contributed by atoms with Gasteiger partial charge in [-0.05, 0) is 50.0 Å². The topological polar surface area (TPSA) is 40.5 Å². The van der Waals surface area contributed by atoms with Crippen LogP contribution in [0.5, 0.6) is 5.75 Å². The maximum Gasteiger partial charge on any atom is 0.133 e. The summed E-state index contributed by atoms with van der Waals surface area (Å²) in [5.74, 6) is 1.22.